The van der Waals surface area contributed by atoms with Gasteiger partial charge >= 0.3 is 5.97 Å². The number of likely N-dealkylation sites (tertiary alicyclic amines) is 1. The van der Waals surface area contributed by atoms with E-state index in [9.17, 15) is 9.59 Å². The SMILES string of the molecule is CC(O[Si](C)(C)C(C)(C)C)C1C(=O)N(CC(=O)O)C1S. The molecule has 5 nitrogen and oxygen atoms in total. The lowest BCUT2D eigenvalue weighted by Gasteiger charge is -2.48. The van der Waals surface area contributed by atoms with Crippen molar-refractivity contribution in [3.8, 4) is 0 Å². The molecule has 0 aliphatic carbocycles. The third-order valence-electron chi connectivity index (χ3n) is 4.31. The molecule has 7 heteroatoms. The average Bonchev–Trinajstić information content (AvgIpc) is 2.23. The number of carbonyl (C=O) groups excluding carboxylic acids is 1. The lowest BCUT2D eigenvalue weighted by molar-refractivity contribution is -0.162. The number of nitrogens with zero attached hydrogens (tertiary/aromatic N) is 1. The molecule has 1 N–H and O–H groups in total. The van der Waals surface area contributed by atoms with Gasteiger partial charge in [-0.3, -0.25) is 9.59 Å². The first-order chi connectivity index (χ1) is 8.88. The van der Waals surface area contributed by atoms with E-state index in [0.29, 0.717) is 0 Å². The highest BCUT2D eigenvalue weighted by atomic mass is 32.1. The second-order valence-electron chi connectivity index (χ2n) is 6.88. The van der Waals surface area contributed by atoms with Gasteiger partial charge in [0.25, 0.3) is 0 Å². The summed E-state index contributed by atoms with van der Waals surface area (Å²) in [6.45, 7) is 12.3. The van der Waals surface area contributed by atoms with E-state index in [4.69, 9.17) is 9.53 Å². The van der Waals surface area contributed by atoms with Crippen LogP contribution in [0.25, 0.3) is 0 Å². The summed E-state index contributed by atoms with van der Waals surface area (Å²) in [4.78, 5) is 24.0. The van der Waals surface area contributed by atoms with Gasteiger partial charge in [0.2, 0.25) is 5.91 Å². The van der Waals surface area contributed by atoms with E-state index in [2.05, 4.69) is 46.5 Å². The van der Waals surface area contributed by atoms with E-state index < -0.39 is 14.3 Å². The second-order valence-corrected chi connectivity index (χ2v) is 12.2. The molecule has 3 unspecified atom stereocenters. The number of carbonyl (C=O) groups is 2. The first-order valence-electron chi connectivity index (χ1n) is 6.76. The Labute approximate surface area is 127 Å². The molecule has 1 fully saturated rings. The molecule has 1 heterocycles. The van der Waals surface area contributed by atoms with Crippen molar-refractivity contribution in [3.63, 3.8) is 0 Å². The molecule has 0 aromatic heterocycles. The van der Waals surface area contributed by atoms with Crippen LogP contribution in [0, 0.1) is 5.92 Å². The molecule has 0 saturated carbocycles. The first kappa shape index (κ1) is 17.5. The van der Waals surface area contributed by atoms with Crippen molar-refractivity contribution >= 4 is 32.8 Å². The monoisotopic (exact) mass is 319 g/mol. The fourth-order valence-corrected chi connectivity index (χ4v) is 4.03. The number of thiol groups is 1. The molecular weight excluding hydrogens is 294 g/mol. The summed E-state index contributed by atoms with van der Waals surface area (Å²) in [6.07, 6.45) is -0.240. The van der Waals surface area contributed by atoms with Crippen LogP contribution in [0.1, 0.15) is 27.7 Å². The van der Waals surface area contributed by atoms with Gasteiger partial charge in [0, 0.05) is 0 Å². The first-order valence-corrected chi connectivity index (χ1v) is 10.2. The molecule has 1 saturated heterocycles. The summed E-state index contributed by atoms with van der Waals surface area (Å²) < 4.78 is 6.20. The number of carboxylic acid groups (broad SMARTS) is 1. The number of amides is 1. The number of β-lactam (4-membered cyclic amide) rings is 1. The van der Waals surface area contributed by atoms with E-state index in [1.165, 1.54) is 4.90 Å². The van der Waals surface area contributed by atoms with Gasteiger partial charge in [-0.2, -0.15) is 12.6 Å². The standard InChI is InChI=1S/C13H25NO4SSi/c1-8(18-20(5,6)13(2,3)4)10-11(17)14(12(10)19)7-9(15)16/h8,10,12,19H,7H2,1-6H3,(H,15,16). The Bertz CT molecular complexity index is 408. The molecule has 116 valence electrons. The van der Waals surface area contributed by atoms with Crippen molar-refractivity contribution < 1.29 is 19.1 Å². The molecule has 0 spiro atoms. The molecule has 1 aliphatic heterocycles. The minimum absolute atomic E-state index is 0.0703. The lowest BCUT2D eigenvalue weighted by Crippen LogP contribution is -2.64. The molecule has 0 radical (unpaired) electrons. The van der Waals surface area contributed by atoms with Gasteiger partial charge in [0.15, 0.2) is 8.32 Å². The van der Waals surface area contributed by atoms with Crippen LogP contribution in [0.3, 0.4) is 0 Å². The van der Waals surface area contributed by atoms with Crippen LogP contribution in [-0.2, 0) is 14.0 Å². The minimum atomic E-state index is -1.95. The zero-order valence-electron chi connectivity index (χ0n) is 13.0. The Morgan fingerprint density at radius 1 is 1.50 bits per heavy atom. The van der Waals surface area contributed by atoms with Crippen LogP contribution >= 0.6 is 12.6 Å². The van der Waals surface area contributed by atoms with Gasteiger partial charge in [-0.05, 0) is 25.1 Å². The predicted molar refractivity (Wildman–Crippen MR) is 83.4 cm³/mol. The summed E-state index contributed by atoms with van der Waals surface area (Å²) in [6, 6.07) is 0. The molecule has 1 rings (SSSR count). The summed E-state index contributed by atoms with van der Waals surface area (Å²) in [5, 5.41) is 8.44. The number of hydrogen-bond acceptors (Lipinski definition) is 4. The Morgan fingerprint density at radius 2 is 2.00 bits per heavy atom. The number of aliphatic carboxylic acids is 1. The molecule has 1 aliphatic rings. The zero-order chi connectivity index (χ0) is 15.9. The van der Waals surface area contributed by atoms with Crippen LogP contribution in [0.5, 0.6) is 0 Å². The molecule has 0 aromatic carbocycles. The Hall–Kier alpha value is -0.533. The number of carboxylic acids is 1. The largest absolute Gasteiger partial charge is 0.480 e. The fourth-order valence-electron chi connectivity index (χ4n) is 2.04. The fraction of sp³-hybridized carbons (Fsp3) is 0.846. The summed E-state index contributed by atoms with van der Waals surface area (Å²) >= 11 is 4.35. The average molecular weight is 319 g/mol. The zero-order valence-corrected chi connectivity index (χ0v) is 14.9. The Kier molecular flexibility index (Phi) is 4.98. The van der Waals surface area contributed by atoms with E-state index in [0.717, 1.165) is 0 Å². The maximum absolute atomic E-state index is 12.0. The van der Waals surface area contributed by atoms with Gasteiger partial charge < -0.3 is 14.4 Å². The maximum atomic E-state index is 12.0. The molecule has 1 amide bonds. The number of rotatable bonds is 5. The van der Waals surface area contributed by atoms with Gasteiger partial charge in [0.05, 0.1) is 17.4 Å². The maximum Gasteiger partial charge on any atom is 0.323 e. The molecular formula is C13H25NO4SSi. The van der Waals surface area contributed by atoms with Gasteiger partial charge in [-0.1, -0.05) is 20.8 Å². The predicted octanol–water partition coefficient (Wildman–Crippen LogP) is 2.20. The normalized spacial score (nSPS) is 25.4. The van der Waals surface area contributed by atoms with Gasteiger partial charge in [-0.25, -0.2) is 0 Å². The molecule has 20 heavy (non-hydrogen) atoms. The van der Waals surface area contributed by atoms with E-state index in [-0.39, 0.29) is 34.9 Å². The highest BCUT2D eigenvalue weighted by Crippen LogP contribution is 2.40. The molecule has 3 atom stereocenters. The van der Waals surface area contributed by atoms with Crippen LogP contribution < -0.4 is 0 Å². The lowest BCUT2D eigenvalue weighted by atomic mass is 9.93. The van der Waals surface area contributed by atoms with Crippen molar-refractivity contribution in [1.29, 1.82) is 0 Å². The van der Waals surface area contributed by atoms with Crippen LogP contribution in [0.2, 0.25) is 18.1 Å². The molecule has 0 bridgehead atoms. The van der Waals surface area contributed by atoms with Crippen LogP contribution in [0.15, 0.2) is 0 Å². The third kappa shape index (κ3) is 3.37. The molecule has 0 aromatic rings. The van der Waals surface area contributed by atoms with Crippen molar-refractivity contribution in [2.45, 2.75) is 57.3 Å². The smallest absolute Gasteiger partial charge is 0.323 e. The van der Waals surface area contributed by atoms with Gasteiger partial charge in [-0.15, -0.1) is 0 Å². The summed E-state index contributed by atoms with van der Waals surface area (Å²) in [5.74, 6) is -1.56. The van der Waals surface area contributed by atoms with Crippen LogP contribution in [-0.4, -0.2) is 48.2 Å². The summed E-state index contributed by atoms with van der Waals surface area (Å²) in [7, 11) is -1.95. The summed E-state index contributed by atoms with van der Waals surface area (Å²) in [5.41, 5.74) is 0. The second kappa shape index (κ2) is 5.69. The van der Waals surface area contributed by atoms with Gasteiger partial charge in [0.1, 0.15) is 6.54 Å². The number of hydrogen-bond donors (Lipinski definition) is 2. The van der Waals surface area contributed by atoms with E-state index >= 15 is 0 Å². The van der Waals surface area contributed by atoms with Crippen molar-refractivity contribution in [1.82, 2.24) is 4.90 Å². The van der Waals surface area contributed by atoms with Crippen LogP contribution in [0.4, 0.5) is 0 Å². The van der Waals surface area contributed by atoms with Crippen molar-refractivity contribution in [3.05, 3.63) is 0 Å². The topological polar surface area (TPSA) is 66.8 Å². The van der Waals surface area contributed by atoms with E-state index in [1.807, 2.05) is 6.92 Å². The quantitative estimate of drug-likeness (QED) is 0.463. The highest BCUT2D eigenvalue weighted by Gasteiger charge is 2.51. The van der Waals surface area contributed by atoms with E-state index in [1.54, 1.807) is 0 Å². The van der Waals surface area contributed by atoms with Crippen molar-refractivity contribution in [2.75, 3.05) is 6.54 Å². The highest BCUT2D eigenvalue weighted by molar-refractivity contribution is 7.81. The third-order valence-corrected chi connectivity index (χ3v) is 9.48. The minimum Gasteiger partial charge on any atom is -0.480 e. The Balaban J connectivity index is 2.69. The van der Waals surface area contributed by atoms with Crippen molar-refractivity contribution in [2.24, 2.45) is 5.92 Å². The Morgan fingerprint density at radius 3 is 2.35 bits per heavy atom.